The molecule has 0 radical (unpaired) electrons. The summed E-state index contributed by atoms with van der Waals surface area (Å²) in [5.74, 6) is 5.69. The predicted octanol–water partition coefficient (Wildman–Crippen LogP) is 1.71. The van der Waals surface area contributed by atoms with Crippen molar-refractivity contribution in [3.8, 4) is 0 Å². The lowest BCUT2D eigenvalue weighted by Gasteiger charge is -2.32. The number of anilines is 1. The quantitative estimate of drug-likeness (QED) is 0.638. The maximum Gasteiger partial charge on any atom is 0.244 e. The van der Waals surface area contributed by atoms with Crippen molar-refractivity contribution in [3.63, 3.8) is 0 Å². The van der Waals surface area contributed by atoms with Crippen LogP contribution >= 0.6 is 0 Å². The van der Waals surface area contributed by atoms with E-state index in [1.54, 1.807) is 16.4 Å². The normalized spacial score (nSPS) is 17.4. The van der Waals surface area contributed by atoms with Gasteiger partial charge in [0, 0.05) is 18.8 Å². The van der Waals surface area contributed by atoms with Crippen LogP contribution in [0, 0.1) is 0 Å². The molecule has 0 amide bonds. The number of sulfonamides is 1. The maximum atomic E-state index is 12.7. The SMILES string of the molecule is CCN(C1CCCCC1)S(=O)(=O)c1ccc(NN)nc1. The Kier molecular flexibility index (Phi) is 4.95. The van der Waals surface area contributed by atoms with Crippen molar-refractivity contribution in [2.45, 2.75) is 50.0 Å². The molecule has 0 saturated heterocycles. The summed E-state index contributed by atoms with van der Waals surface area (Å²) < 4.78 is 27.0. The fourth-order valence-corrected chi connectivity index (χ4v) is 4.39. The Morgan fingerprint density at radius 1 is 1.35 bits per heavy atom. The zero-order valence-electron chi connectivity index (χ0n) is 11.7. The molecule has 1 fully saturated rings. The number of hydrogen-bond donors (Lipinski definition) is 2. The highest BCUT2D eigenvalue weighted by Crippen LogP contribution is 2.27. The number of hydrogen-bond acceptors (Lipinski definition) is 5. The summed E-state index contributed by atoms with van der Waals surface area (Å²) in [4.78, 5) is 4.21. The van der Waals surface area contributed by atoms with Crippen molar-refractivity contribution in [2.24, 2.45) is 5.84 Å². The summed E-state index contributed by atoms with van der Waals surface area (Å²) in [5.41, 5.74) is 2.39. The molecule has 1 aliphatic rings. The first kappa shape index (κ1) is 15.2. The van der Waals surface area contributed by atoms with Crippen molar-refractivity contribution < 1.29 is 8.42 Å². The van der Waals surface area contributed by atoms with Gasteiger partial charge in [-0.05, 0) is 25.0 Å². The van der Waals surface area contributed by atoms with E-state index < -0.39 is 10.0 Å². The summed E-state index contributed by atoms with van der Waals surface area (Å²) in [7, 11) is -3.47. The van der Waals surface area contributed by atoms with Gasteiger partial charge in [-0.2, -0.15) is 4.31 Å². The number of aromatic nitrogens is 1. The molecule has 0 unspecified atom stereocenters. The van der Waals surface area contributed by atoms with Crippen LogP contribution in [0.1, 0.15) is 39.0 Å². The predicted molar refractivity (Wildman–Crippen MR) is 78.5 cm³/mol. The second-order valence-corrected chi connectivity index (χ2v) is 6.91. The Morgan fingerprint density at radius 2 is 2.05 bits per heavy atom. The first-order valence-corrected chi connectivity index (χ1v) is 8.48. The Hall–Kier alpha value is -1.18. The van der Waals surface area contributed by atoms with E-state index in [0.29, 0.717) is 12.4 Å². The van der Waals surface area contributed by atoms with E-state index in [9.17, 15) is 8.42 Å². The highest BCUT2D eigenvalue weighted by atomic mass is 32.2. The van der Waals surface area contributed by atoms with Crippen molar-refractivity contribution in [1.29, 1.82) is 0 Å². The van der Waals surface area contributed by atoms with Crippen LogP contribution in [0.4, 0.5) is 5.82 Å². The average Bonchev–Trinajstić information content (AvgIpc) is 2.49. The van der Waals surface area contributed by atoms with Gasteiger partial charge < -0.3 is 5.43 Å². The lowest BCUT2D eigenvalue weighted by Crippen LogP contribution is -2.41. The molecule has 0 spiro atoms. The van der Waals surface area contributed by atoms with Gasteiger partial charge >= 0.3 is 0 Å². The van der Waals surface area contributed by atoms with Crippen molar-refractivity contribution >= 4 is 15.8 Å². The van der Waals surface area contributed by atoms with Crippen LogP contribution in [0.3, 0.4) is 0 Å². The zero-order chi connectivity index (χ0) is 14.6. The van der Waals surface area contributed by atoms with Crippen LogP contribution in [0.5, 0.6) is 0 Å². The van der Waals surface area contributed by atoms with Crippen LogP contribution in [-0.4, -0.2) is 30.3 Å². The third-order valence-corrected chi connectivity index (χ3v) is 5.80. The van der Waals surface area contributed by atoms with Gasteiger partial charge in [0.05, 0.1) is 0 Å². The molecule has 1 aromatic rings. The third kappa shape index (κ3) is 3.11. The zero-order valence-corrected chi connectivity index (χ0v) is 12.6. The summed E-state index contributed by atoms with van der Waals surface area (Å²) >= 11 is 0. The summed E-state index contributed by atoms with van der Waals surface area (Å²) in [6, 6.07) is 3.23. The largest absolute Gasteiger partial charge is 0.308 e. The molecule has 0 aromatic carbocycles. The van der Waals surface area contributed by atoms with E-state index in [4.69, 9.17) is 5.84 Å². The number of nitrogen functional groups attached to an aromatic ring is 1. The fourth-order valence-electron chi connectivity index (χ4n) is 2.75. The topological polar surface area (TPSA) is 88.3 Å². The lowest BCUT2D eigenvalue weighted by atomic mass is 9.95. The number of hydrazine groups is 1. The average molecular weight is 298 g/mol. The van der Waals surface area contributed by atoms with Gasteiger partial charge in [-0.15, -0.1) is 0 Å². The smallest absolute Gasteiger partial charge is 0.244 e. The molecule has 1 aromatic heterocycles. The van der Waals surface area contributed by atoms with Gasteiger partial charge in [-0.1, -0.05) is 26.2 Å². The van der Waals surface area contributed by atoms with Gasteiger partial charge in [0.15, 0.2) is 0 Å². The second kappa shape index (κ2) is 6.51. The molecular formula is C13H22N4O2S. The molecule has 3 N–H and O–H groups in total. The molecule has 112 valence electrons. The minimum absolute atomic E-state index is 0.117. The molecule has 0 bridgehead atoms. The van der Waals surface area contributed by atoms with Gasteiger partial charge in [0.25, 0.3) is 0 Å². The summed E-state index contributed by atoms with van der Waals surface area (Å²) in [6.07, 6.45) is 6.66. The highest BCUT2D eigenvalue weighted by Gasteiger charge is 2.31. The van der Waals surface area contributed by atoms with E-state index in [2.05, 4.69) is 10.4 Å². The van der Waals surface area contributed by atoms with Crippen molar-refractivity contribution in [2.75, 3.05) is 12.0 Å². The first-order valence-electron chi connectivity index (χ1n) is 7.04. The Labute approximate surface area is 120 Å². The number of nitrogens with one attached hydrogen (secondary N) is 1. The van der Waals surface area contributed by atoms with Gasteiger partial charge in [0.2, 0.25) is 10.0 Å². The van der Waals surface area contributed by atoms with Crippen molar-refractivity contribution in [1.82, 2.24) is 9.29 Å². The minimum atomic E-state index is -3.47. The number of nitrogens with two attached hydrogens (primary N) is 1. The second-order valence-electron chi connectivity index (χ2n) is 5.02. The highest BCUT2D eigenvalue weighted by molar-refractivity contribution is 7.89. The first-order chi connectivity index (χ1) is 9.59. The van der Waals surface area contributed by atoms with Crippen LogP contribution in [0.2, 0.25) is 0 Å². The third-order valence-electron chi connectivity index (χ3n) is 3.78. The van der Waals surface area contributed by atoms with Crippen LogP contribution < -0.4 is 11.3 Å². The summed E-state index contributed by atoms with van der Waals surface area (Å²) in [5, 5.41) is 0. The molecule has 0 aliphatic heterocycles. The number of rotatable bonds is 5. The van der Waals surface area contributed by atoms with E-state index in [0.717, 1.165) is 25.7 Å². The molecule has 20 heavy (non-hydrogen) atoms. The molecular weight excluding hydrogens is 276 g/mol. The Morgan fingerprint density at radius 3 is 2.55 bits per heavy atom. The standard InChI is InChI=1S/C13H22N4O2S/c1-2-17(11-6-4-3-5-7-11)20(18,19)12-8-9-13(16-14)15-10-12/h8-11H,2-7,14H2,1H3,(H,15,16). The molecule has 1 saturated carbocycles. The monoisotopic (exact) mass is 298 g/mol. The maximum absolute atomic E-state index is 12.7. The summed E-state index contributed by atoms with van der Waals surface area (Å²) in [6.45, 7) is 2.37. The number of pyridine rings is 1. The number of nitrogens with zero attached hydrogens (tertiary/aromatic N) is 2. The van der Waals surface area contributed by atoms with Crippen LogP contribution in [0.25, 0.3) is 0 Å². The molecule has 0 atom stereocenters. The Balaban J connectivity index is 2.25. The van der Waals surface area contributed by atoms with E-state index in [-0.39, 0.29) is 10.9 Å². The molecule has 1 heterocycles. The molecule has 7 heteroatoms. The lowest BCUT2D eigenvalue weighted by molar-refractivity contribution is 0.261. The molecule has 6 nitrogen and oxygen atoms in total. The van der Waals surface area contributed by atoms with Gasteiger partial charge in [0.1, 0.15) is 10.7 Å². The Bertz CT molecular complexity index is 524. The molecule has 1 aliphatic carbocycles. The van der Waals surface area contributed by atoms with Gasteiger partial charge in [-0.3, -0.25) is 0 Å². The van der Waals surface area contributed by atoms with Crippen LogP contribution in [0.15, 0.2) is 23.2 Å². The molecule has 2 rings (SSSR count). The van der Waals surface area contributed by atoms with Crippen molar-refractivity contribution in [3.05, 3.63) is 18.3 Å². The van der Waals surface area contributed by atoms with Crippen LogP contribution in [-0.2, 0) is 10.0 Å². The van der Waals surface area contributed by atoms with E-state index >= 15 is 0 Å². The van der Waals surface area contributed by atoms with E-state index in [1.165, 1.54) is 12.6 Å². The van der Waals surface area contributed by atoms with E-state index in [1.807, 2.05) is 6.92 Å². The fraction of sp³-hybridized carbons (Fsp3) is 0.615. The van der Waals surface area contributed by atoms with Gasteiger partial charge in [-0.25, -0.2) is 19.2 Å². The minimum Gasteiger partial charge on any atom is -0.308 e.